The molecule has 19 heavy (non-hydrogen) atoms. The van der Waals surface area contributed by atoms with Crippen molar-refractivity contribution in [2.75, 3.05) is 0 Å². The van der Waals surface area contributed by atoms with Crippen LogP contribution in [0.25, 0.3) is 10.9 Å². The van der Waals surface area contributed by atoms with Gasteiger partial charge in [0, 0.05) is 18.6 Å². The molecular formula is C15H16ClNO2. The highest BCUT2D eigenvalue weighted by atomic mass is 35.5. The van der Waals surface area contributed by atoms with Crippen LogP contribution in [-0.4, -0.2) is 15.6 Å². The van der Waals surface area contributed by atoms with Crippen molar-refractivity contribution >= 4 is 28.5 Å². The molecule has 3 rings (SSSR count). The Kier molecular flexibility index (Phi) is 3.02. The highest BCUT2D eigenvalue weighted by molar-refractivity contribution is 6.35. The van der Waals surface area contributed by atoms with E-state index in [0.29, 0.717) is 5.92 Å². The van der Waals surface area contributed by atoms with Crippen LogP contribution in [0.1, 0.15) is 30.7 Å². The van der Waals surface area contributed by atoms with Gasteiger partial charge in [-0.3, -0.25) is 4.79 Å². The van der Waals surface area contributed by atoms with Gasteiger partial charge in [-0.05, 0) is 30.2 Å². The predicted molar refractivity (Wildman–Crippen MR) is 75.6 cm³/mol. The number of fused-ring (bicyclic) bond motifs is 1. The van der Waals surface area contributed by atoms with E-state index in [1.807, 2.05) is 36.0 Å². The second-order valence-corrected chi connectivity index (χ2v) is 5.78. The lowest BCUT2D eigenvalue weighted by atomic mass is 9.89. The van der Waals surface area contributed by atoms with Gasteiger partial charge in [-0.15, -0.1) is 0 Å². The summed E-state index contributed by atoms with van der Waals surface area (Å²) in [5.74, 6) is -0.115. The first kappa shape index (κ1) is 12.5. The summed E-state index contributed by atoms with van der Waals surface area (Å²) in [5.41, 5.74) is 2.20. The van der Waals surface area contributed by atoms with Crippen LogP contribution in [0.2, 0.25) is 5.02 Å². The summed E-state index contributed by atoms with van der Waals surface area (Å²) in [7, 11) is 1.96. The molecule has 100 valence electrons. The molecule has 1 fully saturated rings. The standard InChI is InChI=1S/C15H16ClNO2/c1-17-8-13(16)11-4-2-3-10(15(11)17)12(7-14(18)19)9-5-6-9/h2-4,8-9,12H,5-7H2,1H3,(H,18,19). The Morgan fingerprint density at radius 1 is 1.53 bits per heavy atom. The van der Waals surface area contributed by atoms with E-state index in [9.17, 15) is 4.79 Å². The Bertz CT molecular complexity index is 643. The minimum Gasteiger partial charge on any atom is -0.481 e. The van der Waals surface area contributed by atoms with Crippen LogP contribution >= 0.6 is 11.6 Å². The number of carboxylic acids is 1. The minimum atomic E-state index is -0.728. The van der Waals surface area contributed by atoms with Crippen molar-refractivity contribution < 1.29 is 9.90 Å². The van der Waals surface area contributed by atoms with Crippen molar-refractivity contribution in [2.45, 2.75) is 25.2 Å². The van der Waals surface area contributed by atoms with Crippen molar-refractivity contribution in [3.8, 4) is 0 Å². The molecule has 1 unspecified atom stereocenters. The number of hydrogen-bond acceptors (Lipinski definition) is 1. The normalized spacial score (nSPS) is 16.7. The molecule has 0 aliphatic heterocycles. The number of hydrogen-bond donors (Lipinski definition) is 1. The van der Waals surface area contributed by atoms with Crippen molar-refractivity contribution in [1.29, 1.82) is 0 Å². The maximum Gasteiger partial charge on any atom is 0.303 e. The molecule has 1 aromatic carbocycles. The summed E-state index contributed by atoms with van der Waals surface area (Å²) in [6.07, 6.45) is 4.35. The number of aliphatic carboxylic acids is 1. The van der Waals surface area contributed by atoms with E-state index >= 15 is 0 Å². The second kappa shape index (κ2) is 4.57. The van der Waals surface area contributed by atoms with E-state index < -0.39 is 5.97 Å². The van der Waals surface area contributed by atoms with Gasteiger partial charge < -0.3 is 9.67 Å². The smallest absolute Gasteiger partial charge is 0.303 e. The summed E-state index contributed by atoms with van der Waals surface area (Å²) in [6.45, 7) is 0. The van der Waals surface area contributed by atoms with Gasteiger partial charge in [0.25, 0.3) is 0 Å². The third kappa shape index (κ3) is 2.23. The van der Waals surface area contributed by atoms with Crippen LogP contribution in [0.5, 0.6) is 0 Å². The van der Waals surface area contributed by atoms with Crippen LogP contribution < -0.4 is 0 Å². The lowest BCUT2D eigenvalue weighted by Crippen LogP contribution is -2.09. The molecule has 1 N–H and O–H groups in total. The van der Waals surface area contributed by atoms with Gasteiger partial charge in [0.1, 0.15) is 0 Å². The van der Waals surface area contributed by atoms with Gasteiger partial charge in [0.05, 0.1) is 17.0 Å². The highest BCUT2D eigenvalue weighted by Crippen LogP contribution is 2.46. The molecule has 0 radical (unpaired) electrons. The monoisotopic (exact) mass is 277 g/mol. The van der Waals surface area contributed by atoms with Crippen LogP contribution in [-0.2, 0) is 11.8 Å². The van der Waals surface area contributed by atoms with Crippen molar-refractivity contribution in [3.63, 3.8) is 0 Å². The number of aryl methyl sites for hydroxylation is 1. The SMILES string of the molecule is Cn1cc(Cl)c2cccc(C(CC(=O)O)C3CC3)c21. The van der Waals surface area contributed by atoms with Gasteiger partial charge in [-0.1, -0.05) is 29.8 Å². The quantitative estimate of drug-likeness (QED) is 0.924. The number of para-hydroxylation sites is 1. The number of carboxylic acid groups (broad SMARTS) is 1. The first-order valence-corrected chi connectivity index (χ1v) is 6.91. The van der Waals surface area contributed by atoms with E-state index in [2.05, 4.69) is 0 Å². The second-order valence-electron chi connectivity index (χ2n) is 5.37. The molecule has 0 spiro atoms. The molecule has 1 saturated carbocycles. The maximum atomic E-state index is 11.1. The average Bonchev–Trinajstić information content (AvgIpc) is 3.14. The molecule has 0 bridgehead atoms. The maximum absolute atomic E-state index is 11.1. The van der Waals surface area contributed by atoms with Gasteiger partial charge in [-0.25, -0.2) is 0 Å². The molecule has 3 nitrogen and oxygen atoms in total. The molecule has 0 amide bonds. The number of rotatable bonds is 4. The number of aromatic nitrogens is 1. The fourth-order valence-corrected chi connectivity index (χ4v) is 3.27. The van der Waals surface area contributed by atoms with Crippen molar-refractivity contribution in [2.24, 2.45) is 13.0 Å². The van der Waals surface area contributed by atoms with E-state index in [0.717, 1.165) is 34.3 Å². The van der Waals surface area contributed by atoms with Gasteiger partial charge in [0.15, 0.2) is 0 Å². The summed E-state index contributed by atoms with van der Waals surface area (Å²) >= 11 is 6.22. The minimum absolute atomic E-state index is 0.103. The third-order valence-electron chi connectivity index (χ3n) is 3.97. The first-order chi connectivity index (χ1) is 9.08. The van der Waals surface area contributed by atoms with Crippen LogP contribution in [0.15, 0.2) is 24.4 Å². The molecule has 1 aromatic heterocycles. The Hall–Kier alpha value is -1.48. The van der Waals surface area contributed by atoms with E-state index in [1.54, 1.807) is 0 Å². The van der Waals surface area contributed by atoms with Crippen molar-refractivity contribution in [3.05, 3.63) is 35.0 Å². The van der Waals surface area contributed by atoms with E-state index in [1.165, 1.54) is 0 Å². The number of halogens is 1. The summed E-state index contributed by atoms with van der Waals surface area (Å²) in [4.78, 5) is 11.1. The lowest BCUT2D eigenvalue weighted by Gasteiger charge is -2.16. The Morgan fingerprint density at radius 3 is 2.89 bits per heavy atom. The summed E-state index contributed by atoms with van der Waals surface area (Å²) in [6, 6.07) is 6.01. The topological polar surface area (TPSA) is 42.2 Å². The average molecular weight is 278 g/mol. The van der Waals surface area contributed by atoms with Crippen molar-refractivity contribution in [1.82, 2.24) is 4.57 Å². The number of carbonyl (C=O) groups is 1. The Morgan fingerprint density at radius 2 is 2.26 bits per heavy atom. The van der Waals surface area contributed by atoms with E-state index in [4.69, 9.17) is 16.7 Å². The molecule has 1 aliphatic rings. The third-order valence-corrected chi connectivity index (χ3v) is 4.27. The van der Waals surface area contributed by atoms with E-state index in [-0.39, 0.29) is 12.3 Å². The predicted octanol–water partition coefficient (Wildman–Crippen LogP) is 3.80. The summed E-state index contributed by atoms with van der Waals surface area (Å²) < 4.78 is 2.00. The molecule has 4 heteroatoms. The van der Waals surface area contributed by atoms with Crippen LogP contribution in [0.4, 0.5) is 0 Å². The largest absolute Gasteiger partial charge is 0.481 e. The Balaban J connectivity index is 2.14. The molecule has 0 saturated heterocycles. The zero-order valence-electron chi connectivity index (χ0n) is 10.8. The zero-order chi connectivity index (χ0) is 13.6. The molecular weight excluding hydrogens is 262 g/mol. The zero-order valence-corrected chi connectivity index (χ0v) is 11.5. The van der Waals surface area contributed by atoms with Gasteiger partial charge in [-0.2, -0.15) is 0 Å². The summed E-state index contributed by atoms with van der Waals surface area (Å²) in [5, 5.41) is 10.9. The number of nitrogens with zero attached hydrogens (tertiary/aromatic N) is 1. The van der Waals surface area contributed by atoms with Gasteiger partial charge >= 0.3 is 5.97 Å². The molecule has 2 aromatic rings. The van der Waals surface area contributed by atoms with Gasteiger partial charge in [0.2, 0.25) is 0 Å². The Labute approximate surface area is 116 Å². The lowest BCUT2D eigenvalue weighted by molar-refractivity contribution is -0.137. The fourth-order valence-electron chi connectivity index (χ4n) is 2.97. The highest BCUT2D eigenvalue weighted by Gasteiger charge is 2.35. The first-order valence-electron chi connectivity index (χ1n) is 6.53. The molecule has 1 atom stereocenters. The number of benzene rings is 1. The fraction of sp³-hybridized carbons (Fsp3) is 0.400. The molecule has 1 aliphatic carbocycles. The van der Waals surface area contributed by atoms with Crippen LogP contribution in [0, 0.1) is 5.92 Å². The molecule has 1 heterocycles. The van der Waals surface area contributed by atoms with Crippen LogP contribution in [0.3, 0.4) is 0 Å².